The molecule has 0 saturated carbocycles. The van der Waals surface area contributed by atoms with Crippen molar-refractivity contribution >= 4 is 51.7 Å². The lowest BCUT2D eigenvalue weighted by molar-refractivity contribution is -0.137. The number of amides is 1. The Kier molecular flexibility index (Phi) is 9.84. The molecule has 0 aliphatic rings. The molecule has 2 heterocycles. The molecule has 8 nitrogen and oxygen atoms in total. The molecule has 0 fully saturated rings. The third-order valence-corrected chi connectivity index (χ3v) is 9.12. The number of halogens is 5. The third kappa shape index (κ3) is 6.88. The normalized spacial score (nSPS) is 11.6. The van der Waals surface area contributed by atoms with E-state index in [0.717, 1.165) is 47.3 Å². The molecule has 0 aliphatic heterocycles. The van der Waals surface area contributed by atoms with Crippen LogP contribution in [0.5, 0.6) is 5.75 Å². The molecule has 5 aromatic rings. The molecule has 252 valence electrons. The van der Waals surface area contributed by atoms with E-state index in [2.05, 4.69) is 20.1 Å². The van der Waals surface area contributed by atoms with Gasteiger partial charge in [-0.25, -0.2) is 4.79 Å². The number of carbonyl (C=O) groups excluding carboxylic acids is 2. The molecule has 5 rings (SSSR count). The Morgan fingerprint density at radius 2 is 1.69 bits per heavy atom. The van der Waals surface area contributed by atoms with E-state index in [9.17, 15) is 22.8 Å². The maximum atomic E-state index is 13.9. The zero-order valence-electron chi connectivity index (χ0n) is 27.1. The largest absolute Gasteiger partial charge is 0.494 e. The van der Waals surface area contributed by atoms with Gasteiger partial charge in [0.1, 0.15) is 11.4 Å². The maximum absolute atomic E-state index is 13.9. The predicted molar refractivity (Wildman–Crippen MR) is 180 cm³/mol. The second kappa shape index (κ2) is 13.6. The van der Waals surface area contributed by atoms with E-state index in [0.29, 0.717) is 63.3 Å². The van der Waals surface area contributed by atoms with Crippen LogP contribution in [0.1, 0.15) is 60.9 Å². The number of carbonyl (C=O) groups is 2. The van der Waals surface area contributed by atoms with Crippen molar-refractivity contribution in [1.82, 2.24) is 14.8 Å². The number of ether oxygens (including phenoxy) is 2. The van der Waals surface area contributed by atoms with Crippen LogP contribution >= 0.6 is 23.2 Å². The Hall–Kier alpha value is -4.48. The number of anilines is 1. The highest BCUT2D eigenvalue weighted by molar-refractivity contribution is 6.35. The van der Waals surface area contributed by atoms with Gasteiger partial charge in [-0.15, -0.1) is 0 Å². The van der Waals surface area contributed by atoms with Gasteiger partial charge in [0.2, 0.25) is 0 Å². The highest BCUT2D eigenvalue weighted by Gasteiger charge is 2.32. The summed E-state index contributed by atoms with van der Waals surface area (Å²) in [6, 6.07) is 9.82. The number of H-pyrrole nitrogens is 1. The first-order chi connectivity index (χ1) is 22.6. The molecule has 48 heavy (non-hydrogen) atoms. The van der Waals surface area contributed by atoms with Crippen LogP contribution in [-0.2, 0) is 24.4 Å². The number of nitrogens with one attached hydrogen (secondary N) is 2. The molecule has 0 aliphatic carbocycles. The van der Waals surface area contributed by atoms with Gasteiger partial charge < -0.3 is 19.8 Å². The van der Waals surface area contributed by atoms with Crippen LogP contribution < -0.4 is 10.1 Å². The molecule has 0 saturated heterocycles. The van der Waals surface area contributed by atoms with Gasteiger partial charge in [0, 0.05) is 40.0 Å². The molecule has 2 N–H and O–H groups in total. The van der Waals surface area contributed by atoms with Crippen molar-refractivity contribution in [2.24, 2.45) is 7.05 Å². The Morgan fingerprint density at radius 3 is 2.29 bits per heavy atom. The molecule has 0 spiro atoms. The Balaban J connectivity index is 1.56. The molecular formula is C35H33Cl2F3N4O4. The highest BCUT2D eigenvalue weighted by atomic mass is 35.5. The van der Waals surface area contributed by atoms with Crippen LogP contribution in [0.2, 0.25) is 10.0 Å². The van der Waals surface area contributed by atoms with E-state index in [-0.39, 0.29) is 16.9 Å². The molecule has 2 aromatic heterocycles. The summed E-state index contributed by atoms with van der Waals surface area (Å²) >= 11 is 13.1. The minimum atomic E-state index is -4.78. The van der Waals surface area contributed by atoms with E-state index in [1.54, 1.807) is 16.8 Å². The highest BCUT2D eigenvalue weighted by Crippen LogP contribution is 2.41. The van der Waals surface area contributed by atoms with Crippen LogP contribution in [0, 0.1) is 27.7 Å². The molecule has 0 unspecified atom stereocenters. The standard InChI is InChI=1S/C35H33Cl2F3N4O4/c1-17-12-24(13-18(2)30(17)37)48-11-7-8-25-26-9-10-27(36)29(28-19(3)43-44(5)20(28)4)31(26)42-32(25)33(45)41-23-15-21(34(46)47-6)14-22(16-23)35(38,39)40/h9-10,12-16,42H,7-8,11H2,1-6H3,(H,41,45). The number of aromatic amines is 1. The van der Waals surface area contributed by atoms with Gasteiger partial charge in [-0.05, 0) is 93.6 Å². The van der Waals surface area contributed by atoms with E-state index in [1.165, 1.54) is 0 Å². The van der Waals surface area contributed by atoms with E-state index >= 15 is 0 Å². The average Bonchev–Trinajstić information content (AvgIpc) is 3.52. The lowest BCUT2D eigenvalue weighted by Gasteiger charge is -2.13. The molecule has 0 radical (unpaired) electrons. The number of rotatable bonds is 9. The van der Waals surface area contributed by atoms with Crippen molar-refractivity contribution in [2.75, 3.05) is 19.0 Å². The van der Waals surface area contributed by atoms with Crippen LogP contribution in [-0.4, -0.2) is 40.4 Å². The van der Waals surface area contributed by atoms with Crippen molar-refractivity contribution in [2.45, 2.75) is 46.7 Å². The number of fused-ring (bicyclic) bond motifs is 1. The number of methoxy groups -OCH3 is 1. The van der Waals surface area contributed by atoms with E-state index < -0.39 is 23.6 Å². The van der Waals surface area contributed by atoms with Crippen LogP contribution in [0.25, 0.3) is 22.0 Å². The van der Waals surface area contributed by atoms with Gasteiger partial charge in [-0.1, -0.05) is 29.3 Å². The maximum Gasteiger partial charge on any atom is 0.416 e. The first-order valence-corrected chi connectivity index (χ1v) is 15.7. The summed E-state index contributed by atoms with van der Waals surface area (Å²) < 4.78 is 53.6. The summed E-state index contributed by atoms with van der Waals surface area (Å²) in [5.74, 6) is -1.02. The summed E-state index contributed by atoms with van der Waals surface area (Å²) in [7, 11) is 2.88. The number of aromatic nitrogens is 3. The van der Waals surface area contributed by atoms with Crippen LogP contribution in [0.3, 0.4) is 0 Å². The minimum Gasteiger partial charge on any atom is -0.494 e. The number of hydrogen-bond acceptors (Lipinski definition) is 5. The quantitative estimate of drug-likeness (QED) is 0.118. The smallest absolute Gasteiger partial charge is 0.416 e. The monoisotopic (exact) mass is 700 g/mol. The topological polar surface area (TPSA) is 98.2 Å². The lowest BCUT2D eigenvalue weighted by atomic mass is 9.98. The number of benzene rings is 3. The fraction of sp³-hybridized carbons (Fsp3) is 0.286. The summed E-state index contributed by atoms with van der Waals surface area (Å²) in [5.41, 5.74) is 4.42. The zero-order chi connectivity index (χ0) is 35.1. The van der Waals surface area contributed by atoms with Crippen molar-refractivity contribution in [1.29, 1.82) is 0 Å². The van der Waals surface area contributed by atoms with Gasteiger partial charge in [0.25, 0.3) is 5.91 Å². The van der Waals surface area contributed by atoms with Crippen molar-refractivity contribution in [3.63, 3.8) is 0 Å². The third-order valence-electron chi connectivity index (χ3n) is 8.21. The zero-order valence-corrected chi connectivity index (χ0v) is 28.6. The van der Waals surface area contributed by atoms with Gasteiger partial charge in [-0.3, -0.25) is 9.48 Å². The summed E-state index contributed by atoms with van der Waals surface area (Å²) in [6.07, 6.45) is -3.91. The SMILES string of the molecule is COC(=O)c1cc(NC(=O)c2[nH]c3c(-c4c(C)nn(C)c4C)c(Cl)ccc3c2CCCOc2cc(C)c(Cl)c(C)c2)cc(C(F)(F)F)c1. The number of hydrogen-bond donors (Lipinski definition) is 2. The van der Waals surface area contributed by atoms with E-state index in [1.807, 2.05) is 46.9 Å². The number of alkyl halides is 3. The Morgan fingerprint density at radius 1 is 1.00 bits per heavy atom. The summed E-state index contributed by atoms with van der Waals surface area (Å²) in [4.78, 5) is 29.3. The molecular weight excluding hydrogens is 668 g/mol. The molecule has 0 bridgehead atoms. The number of esters is 1. The summed E-state index contributed by atoms with van der Waals surface area (Å²) in [5, 5.41) is 8.89. The van der Waals surface area contributed by atoms with Gasteiger partial charge in [0.15, 0.2) is 0 Å². The molecule has 1 amide bonds. The van der Waals surface area contributed by atoms with Crippen LogP contribution in [0.4, 0.5) is 18.9 Å². The van der Waals surface area contributed by atoms with E-state index in [4.69, 9.17) is 27.9 Å². The fourth-order valence-electron chi connectivity index (χ4n) is 5.85. The molecule has 0 atom stereocenters. The summed E-state index contributed by atoms with van der Waals surface area (Å²) in [6.45, 7) is 7.87. The van der Waals surface area contributed by atoms with Crippen LogP contribution in [0.15, 0.2) is 42.5 Å². The first kappa shape index (κ1) is 34.8. The van der Waals surface area contributed by atoms with Gasteiger partial charge in [-0.2, -0.15) is 18.3 Å². The van der Waals surface area contributed by atoms with Crippen molar-refractivity contribution < 1.29 is 32.2 Å². The molecule has 13 heteroatoms. The average molecular weight is 702 g/mol. The molecule has 3 aromatic carbocycles. The minimum absolute atomic E-state index is 0.128. The second-order valence-electron chi connectivity index (χ2n) is 11.6. The predicted octanol–water partition coefficient (Wildman–Crippen LogP) is 9.18. The lowest BCUT2D eigenvalue weighted by Crippen LogP contribution is -2.17. The fourth-order valence-corrected chi connectivity index (χ4v) is 6.21. The van der Waals surface area contributed by atoms with Gasteiger partial charge >= 0.3 is 12.1 Å². The van der Waals surface area contributed by atoms with Gasteiger partial charge in [0.05, 0.1) is 41.1 Å². The first-order valence-electron chi connectivity index (χ1n) is 15.0. The number of aryl methyl sites for hydroxylation is 5. The van der Waals surface area contributed by atoms with Crippen molar-refractivity contribution in [3.8, 4) is 16.9 Å². The Bertz CT molecular complexity index is 2040. The Labute approximate surface area is 285 Å². The second-order valence-corrected chi connectivity index (χ2v) is 12.3. The van der Waals surface area contributed by atoms with Crippen molar-refractivity contribution in [3.05, 3.63) is 97.4 Å². The number of nitrogens with zero attached hydrogens (tertiary/aromatic N) is 2.